The summed E-state index contributed by atoms with van der Waals surface area (Å²) >= 11 is 0. The number of carbonyl (C=O) groups is 2. The fourth-order valence-corrected chi connectivity index (χ4v) is 2.51. The summed E-state index contributed by atoms with van der Waals surface area (Å²) in [5.41, 5.74) is -0.211. The number of benzene rings is 2. The average molecular weight is 337 g/mol. The number of hydrogen-bond acceptors (Lipinski definition) is 4. The van der Waals surface area contributed by atoms with Crippen LogP contribution in [0.1, 0.15) is 23.5 Å². The SMILES string of the molecule is C[C@H](C(=O)Nc1ccccc1)n1nc(C(=O)O)c2ccccc2c1=O. The molecular formula is C18H15N3O4. The van der Waals surface area contributed by atoms with E-state index in [0.29, 0.717) is 5.69 Å². The molecule has 0 aliphatic carbocycles. The summed E-state index contributed by atoms with van der Waals surface area (Å²) in [6.45, 7) is 1.49. The highest BCUT2D eigenvalue weighted by atomic mass is 16.4. The van der Waals surface area contributed by atoms with Crippen LogP contribution in [0.5, 0.6) is 0 Å². The predicted molar refractivity (Wildman–Crippen MR) is 92.7 cm³/mol. The topological polar surface area (TPSA) is 101 Å². The average Bonchev–Trinajstić information content (AvgIpc) is 2.62. The highest BCUT2D eigenvalue weighted by Gasteiger charge is 2.22. The van der Waals surface area contributed by atoms with E-state index >= 15 is 0 Å². The van der Waals surface area contributed by atoms with Crippen LogP contribution in [-0.4, -0.2) is 26.8 Å². The second-order valence-corrected chi connectivity index (χ2v) is 5.48. The zero-order valence-electron chi connectivity index (χ0n) is 13.3. The van der Waals surface area contributed by atoms with Gasteiger partial charge in [0.15, 0.2) is 5.69 Å². The Hall–Kier alpha value is -3.48. The van der Waals surface area contributed by atoms with Gasteiger partial charge in [0.05, 0.1) is 5.39 Å². The molecule has 3 rings (SSSR count). The van der Waals surface area contributed by atoms with Crippen molar-refractivity contribution in [3.63, 3.8) is 0 Å². The molecule has 0 radical (unpaired) electrons. The first kappa shape index (κ1) is 16.4. The fourth-order valence-electron chi connectivity index (χ4n) is 2.51. The van der Waals surface area contributed by atoms with Crippen LogP contribution in [-0.2, 0) is 4.79 Å². The van der Waals surface area contributed by atoms with Crippen LogP contribution >= 0.6 is 0 Å². The number of nitrogens with one attached hydrogen (secondary N) is 1. The highest BCUT2D eigenvalue weighted by Crippen LogP contribution is 2.16. The lowest BCUT2D eigenvalue weighted by molar-refractivity contribution is -0.119. The van der Waals surface area contributed by atoms with Gasteiger partial charge in [-0.1, -0.05) is 36.4 Å². The molecule has 0 unspecified atom stereocenters. The van der Waals surface area contributed by atoms with E-state index in [-0.39, 0.29) is 16.5 Å². The molecule has 0 bridgehead atoms. The summed E-state index contributed by atoms with van der Waals surface area (Å²) in [6, 6.07) is 14.1. The molecule has 1 amide bonds. The van der Waals surface area contributed by atoms with Crippen molar-refractivity contribution < 1.29 is 14.7 Å². The molecular weight excluding hydrogens is 322 g/mol. The Kier molecular flexibility index (Phi) is 4.30. The van der Waals surface area contributed by atoms with Gasteiger partial charge < -0.3 is 10.4 Å². The number of carbonyl (C=O) groups excluding carboxylic acids is 1. The number of amides is 1. The van der Waals surface area contributed by atoms with Gasteiger partial charge in [0.2, 0.25) is 5.91 Å². The summed E-state index contributed by atoms with van der Waals surface area (Å²) in [7, 11) is 0. The van der Waals surface area contributed by atoms with Gasteiger partial charge in [0, 0.05) is 11.1 Å². The maximum absolute atomic E-state index is 12.6. The highest BCUT2D eigenvalue weighted by molar-refractivity contribution is 6.01. The van der Waals surface area contributed by atoms with Crippen molar-refractivity contribution in [3.05, 3.63) is 70.6 Å². The number of fused-ring (bicyclic) bond motifs is 1. The molecule has 1 atom stereocenters. The number of aromatic carboxylic acids is 1. The van der Waals surface area contributed by atoms with Crippen molar-refractivity contribution >= 4 is 28.3 Å². The van der Waals surface area contributed by atoms with Crippen LogP contribution in [0, 0.1) is 0 Å². The standard InChI is InChI=1S/C18H15N3O4/c1-11(16(22)19-12-7-3-2-4-8-12)21-17(23)14-10-6-5-9-13(14)15(20-21)18(24)25/h2-11H,1H3,(H,19,22)(H,24,25)/t11-/m1/s1. The third kappa shape index (κ3) is 3.12. The second-order valence-electron chi connectivity index (χ2n) is 5.48. The molecule has 3 aromatic rings. The van der Waals surface area contributed by atoms with Crippen molar-refractivity contribution in [1.82, 2.24) is 9.78 Å². The third-order valence-electron chi connectivity index (χ3n) is 3.82. The predicted octanol–water partition coefficient (Wildman–Crippen LogP) is 2.29. The summed E-state index contributed by atoms with van der Waals surface area (Å²) in [4.78, 5) is 36.5. The van der Waals surface area contributed by atoms with Crippen LogP contribution < -0.4 is 10.9 Å². The van der Waals surface area contributed by atoms with E-state index in [1.807, 2.05) is 6.07 Å². The molecule has 7 heteroatoms. The molecule has 0 aliphatic heterocycles. The van der Waals surface area contributed by atoms with Crippen molar-refractivity contribution in [2.45, 2.75) is 13.0 Å². The first-order chi connectivity index (χ1) is 12.0. The Bertz CT molecular complexity index is 1010. The van der Waals surface area contributed by atoms with E-state index < -0.39 is 23.5 Å². The van der Waals surface area contributed by atoms with E-state index in [9.17, 15) is 19.5 Å². The normalized spacial score (nSPS) is 11.9. The minimum atomic E-state index is -1.26. The number of carboxylic acid groups (broad SMARTS) is 1. The molecule has 0 spiro atoms. The largest absolute Gasteiger partial charge is 0.476 e. The van der Waals surface area contributed by atoms with Gasteiger partial charge in [-0.05, 0) is 25.1 Å². The lowest BCUT2D eigenvalue weighted by Gasteiger charge is -2.15. The quantitative estimate of drug-likeness (QED) is 0.760. The first-order valence-electron chi connectivity index (χ1n) is 7.60. The minimum absolute atomic E-state index is 0.203. The van der Waals surface area contributed by atoms with Crippen molar-refractivity contribution in [3.8, 4) is 0 Å². The van der Waals surface area contributed by atoms with Crippen LogP contribution in [0.15, 0.2) is 59.4 Å². The number of anilines is 1. The third-order valence-corrected chi connectivity index (χ3v) is 3.82. The van der Waals surface area contributed by atoms with E-state index in [1.165, 1.54) is 19.1 Å². The molecule has 0 saturated carbocycles. The maximum atomic E-state index is 12.6. The van der Waals surface area contributed by atoms with Crippen LogP contribution in [0.3, 0.4) is 0 Å². The monoisotopic (exact) mass is 337 g/mol. The van der Waals surface area contributed by atoms with E-state index in [1.54, 1.807) is 36.4 Å². The molecule has 0 aliphatic rings. The Morgan fingerprint density at radius 2 is 1.64 bits per heavy atom. The van der Waals surface area contributed by atoms with Crippen molar-refractivity contribution in [2.24, 2.45) is 0 Å². The van der Waals surface area contributed by atoms with E-state index in [4.69, 9.17) is 0 Å². The molecule has 0 fully saturated rings. The van der Waals surface area contributed by atoms with Crippen LogP contribution in [0.4, 0.5) is 5.69 Å². The lowest BCUT2D eigenvalue weighted by atomic mass is 10.1. The van der Waals surface area contributed by atoms with Gasteiger partial charge in [-0.3, -0.25) is 9.59 Å². The Morgan fingerprint density at radius 3 is 2.28 bits per heavy atom. The zero-order chi connectivity index (χ0) is 18.0. The van der Waals surface area contributed by atoms with Gasteiger partial charge in [0.1, 0.15) is 6.04 Å². The Balaban J connectivity index is 2.05. The molecule has 2 N–H and O–H groups in total. The van der Waals surface area contributed by atoms with Gasteiger partial charge in [0.25, 0.3) is 5.56 Å². The molecule has 1 aromatic heterocycles. The van der Waals surface area contributed by atoms with Gasteiger partial charge in [-0.2, -0.15) is 5.10 Å². The molecule has 126 valence electrons. The number of para-hydroxylation sites is 1. The Morgan fingerprint density at radius 1 is 1.04 bits per heavy atom. The minimum Gasteiger partial charge on any atom is -0.476 e. The maximum Gasteiger partial charge on any atom is 0.357 e. The van der Waals surface area contributed by atoms with Gasteiger partial charge in [-0.15, -0.1) is 0 Å². The van der Waals surface area contributed by atoms with Crippen LogP contribution in [0.25, 0.3) is 10.8 Å². The van der Waals surface area contributed by atoms with Crippen LogP contribution in [0.2, 0.25) is 0 Å². The molecule has 2 aromatic carbocycles. The molecule has 1 heterocycles. The lowest BCUT2D eigenvalue weighted by Crippen LogP contribution is -2.34. The first-order valence-corrected chi connectivity index (χ1v) is 7.60. The Labute approximate surface area is 142 Å². The summed E-state index contributed by atoms with van der Waals surface area (Å²) < 4.78 is 0.907. The van der Waals surface area contributed by atoms with E-state index in [0.717, 1.165) is 4.68 Å². The number of nitrogens with zero attached hydrogens (tertiary/aromatic N) is 2. The molecule has 7 nitrogen and oxygen atoms in total. The van der Waals surface area contributed by atoms with Crippen molar-refractivity contribution in [2.75, 3.05) is 5.32 Å². The summed E-state index contributed by atoms with van der Waals surface area (Å²) in [5.74, 6) is -1.73. The number of hydrogen-bond donors (Lipinski definition) is 2. The molecule has 25 heavy (non-hydrogen) atoms. The van der Waals surface area contributed by atoms with Gasteiger partial charge >= 0.3 is 5.97 Å². The number of rotatable bonds is 4. The fraction of sp³-hybridized carbons (Fsp3) is 0.111. The summed E-state index contributed by atoms with van der Waals surface area (Å²) in [5, 5.41) is 16.4. The number of carboxylic acids is 1. The van der Waals surface area contributed by atoms with Crippen molar-refractivity contribution in [1.29, 1.82) is 0 Å². The smallest absolute Gasteiger partial charge is 0.357 e. The summed E-state index contributed by atoms with van der Waals surface area (Å²) in [6.07, 6.45) is 0. The second kappa shape index (κ2) is 6.56. The van der Waals surface area contributed by atoms with Gasteiger partial charge in [-0.25, -0.2) is 9.48 Å². The molecule has 0 saturated heterocycles. The zero-order valence-corrected chi connectivity index (χ0v) is 13.3. The number of aromatic nitrogens is 2. The van der Waals surface area contributed by atoms with E-state index in [2.05, 4.69) is 10.4 Å².